The number of aryl methyl sites for hydroxylation is 3. The quantitative estimate of drug-likeness (QED) is 0.577. The fourth-order valence-corrected chi connectivity index (χ4v) is 4.75. The summed E-state index contributed by atoms with van der Waals surface area (Å²) < 4.78 is 27.8. The monoisotopic (exact) mass is 442 g/mol. The Balaban J connectivity index is 1.95. The lowest BCUT2D eigenvalue weighted by Crippen LogP contribution is -2.38. The lowest BCUT2D eigenvalue weighted by molar-refractivity contribution is -0.114. The first-order valence-electron chi connectivity index (χ1n) is 9.38. The lowest BCUT2D eigenvalue weighted by Gasteiger charge is -2.24. The first-order valence-corrected chi connectivity index (χ1v) is 11.2. The van der Waals surface area contributed by atoms with E-state index in [4.69, 9.17) is 11.6 Å². The Hall–Kier alpha value is -2.83. The van der Waals surface area contributed by atoms with E-state index in [0.29, 0.717) is 16.4 Å². The Morgan fingerprint density at radius 1 is 0.900 bits per heavy atom. The minimum Gasteiger partial charge on any atom is -0.324 e. The summed E-state index contributed by atoms with van der Waals surface area (Å²) in [5.41, 5.74) is 3.95. The Labute approximate surface area is 182 Å². The van der Waals surface area contributed by atoms with Crippen LogP contribution in [0.4, 0.5) is 11.4 Å². The summed E-state index contributed by atoms with van der Waals surface area (Å²) in [5.74, 6) is -0.431. The van der Waals surface area contributed by atoms with Crippen molar-refractivity contribution in [3.05, 3.63) is 88.4 Å². The molecule has 1 amide bonds. The van der Waals surface area contributed by atoms with E-state index in [0.717, 1.165) is 21.0 Å². The van der Waals surface area contributed by atoms with Crippen molar-refractivity contribution in [1.82, 2.24) is 0 Å². The smallest absolute Gasteiger partial charge is 0.264 e. The summed E-state index contributed by atoms with van der Waals surface area (Å²) >= 11 is 5.91. The molecular formula is C23H23ClN2O3S. The van der Waals surface area contributed by atoms with E-state index in [1.54, 1.807) is 18.2 Å². The van der Waals surface area contributed by atoms with Crippen molar-refractivity contribution in [2.45, 2.75) is 25.7 Å². The van der Waals surface area contributed by atoms with E-state index in [1.165, 1.54) is 24.3 Å². The topological polar surface area (TPSA) is 66.5 Å². The van der Waals surface area contributed by atoms with Crippen LogP contribution in [0.1, 0.15) is 16.7 Å². The zero-order valence-electron chi connectivity index (χ0n) is 17.0. The Morgan fingerprint density at radius 3 is 2.13 bits per heavy atom. The van der Waals surface area contributed by atoms with Crippen molar-refractivity contribution in [2.75, 3.05) is 16.2 Å². The van der Waals surface area contributed by atoms with Crippen molar-refractivity contribution in [3.63, 3.8) is 0 Å². The van der Waals surface area contributed by atoms with Crippen LogP contribution in [0.25, 0.3) is 0 Å². The van der Waals surface area contributed by atoms with E-state index in [9.17, 15) is 13.2 Å². The van der Waals surface area contributed by atoms with E-state index in [1.807, 2.05) is 45.0 Å². The molecule has 7 heteroatoms. The first-order chi connectivity index (χ1) is 14.1. The maximum absolute atomic E-state index is 13.4. The van der Waals surface area contributed by atoms with E-state index >= 15 is 0 Å². The number of rotatable bonds is 6. The van der Waals surface area contributed by atoms with E-state index in [-0.39, 0.29) is 11.4 Å². The average Bonchev–Trinajstić information content (AvgIpc) is 2.65. The molecule has 5 nitrogen and oxygen atoms in total. The van der Waals surface area contributed by atoms with Crippen LogP contribution < -0.4 is 9.62 Å². The van der Waals surface area contributed by atoms with Crippen molar-refractivity contribution in [1.29, 1.82) is 0 Å². The third-order valence-corrected chi connectivity index (χ3v) is 6.52. The second kappa shape index (κ2) is 8.90. The van der Waals surface area contributed by atoms with E-state index in [2.05, 4.69) is 5.32 Å². The number of carbonyl (C=O) groups is 1. The molecule has 0 saturated carbocycles. The predicted molar refractivity (Wildman–Crippen MR) is 122 cm³/mol. The first kappa shape index (κ1) is 21.9. The second-order valence-electron chi connectivity index (χ2n) is 7.23. The highest BCUT2D eigenvalue weighted by Crippen LogP contribution is 2.25. The highest BCUT2D eigenvalue weighted by Gasteiger charge is 2.27. The standard InChI is InChI=1S/C23H23ClN2O3S/c1-16-5-4-6-21(14-16)26(30(28,29)22-9-7-19(24)8-10-22)15-23(27)25-20-12-17(2)11-18(3)13-20/h4-14H,15H2,1-3H3,(H,25,27). The van der Waals surface area contributed by atoms with Gasteiger partial charge in [0.1, 0.15) is 6.54 Å². The van der Waals surface area contributed by atoms with Crippen LogP contribution in [0.3, 0.4) is 0 Å². The summed E-state index contributed by atoms with van der Waals surface area (Å²) in [6.07, 6.45) is 0. The molecule has 0 aliphatic carbocycles. The zero-order chi connectivity index (χ0) is 21.9. The summed E-state index contributed by atoms with van der Waals surface area (Å²) in [4.78, 5) is 12.9. The predicted octanol–water partition coefficient (Wildman–Crippen LogP) is 5.10. The number of halogens is 1. The number of benzene rings is 3. The largest absolute Gasteiger partial charge is 0.324 e. The highest BCUT2D eigenvalue weighted by molar-refractivity contribution is 7.92. The van der Waals surface area contributed by atoms with Gasteiger partial charge >= 0.3 is 0 Å². The number of hydrogen-bond donors (Lipinski definition) is 1. The number of anilines is 2. The van der Waals surface area contributed by atoms with Crippen LogP contribution in [0.2, 0.25) is 5.02 Å². The molecule has 1 N–H and O–H groups in total. The van der Waals surface area contributed by atoms with Gasteiger partial charge in [0, 0.05) is 10.7 Å². The van der Waals surface area contributed by atoms with Crippen molar-refractivity contribution >= 4 is 38.9 Å². The molecule has 30 heavy (non-hydrogen) atoms. The maximum Gasteiger partial charge on any atom is 0.264 e. The van der Waals surface area contributed by atoms with Crippen molar-refractivity contribution < 1.29 is 13.2 Å². The van der Waals surface area contributed by atoms with Gasteiger partial charge in [0.25, 0.3) is 10.0 Å². The van der Waals surface area contributed by atoms with Gasteiger partial charge in [-0.3, -0.25) is 9.10 Å². The van der Waals surface area contributed by atoms with E-state index < -0.39 is 15.9 Å². The molecule has 0 unspecified atom stereocenters. The maximum atomic E-state index is 13.4. The molecule has 0 spiro atoms. The van der Waals surface area contributed by atoms with Crippen LogP contribution in [0.15, 0.2) is 71.6 Å². The third kappa shape index (κ3) is 5.20. The van der Waals surface area contributed by atoms with Gasteiger partial charge in [0.05, 0.1) is 10.6 Å². The van der Waals surface area contributed by atoms with Gasteiger partial charge in [0.2, 0.25) is 5.91 Å². The SMILES string of the molecule is Cc1cc(C)cc(NC(=O)CN(c2cccc(C)c2)S(=O)(=O)c2ccc(Cl)cc2)c1. The van der Waals surface area contributed by atoms with Gasteiger partial charge in [-0.1, -0.05) is 29.8 Å². The molecule has 0 heterocycles. The molecule has 156 valence electrons. The summed E-state index contributed by atoms with van der Waals surface area (Å²) in [6, 6.07) is 18.6. The Kier molecular flexibility index (Phi) is 6.48. The van der Waals surface area contributed by atoms with Crippen molar-refractivity contribution in [2.24, 2.45) is 0 Å². The van der Waals surface area contributed by atoms with Crippen LogP contribution in [-0.4, -0.2) is 20.9 Å². The normalized spacial score (nSPS) is 11.2. The molecule has 0 atom stereocenters. The fraction of sp³-hybridized carbons (Fsp3) is 0.174. The molecule has 0 fully saturated rings. The van der Waals surface area contributed by atoms with Gasteiger partial charge in [0.15, 0.2) is 0 Å². The summed E-state index contributed by atoms with van der Waals surface area (Å²) in [5, 5.41) is 3.24. The van der Waals surface area contributed by atoms with Crippen LogP contribution >= 0.6 is 11.6 Å². The minimum absolute atomic E-state index is 0.0626. The number of nitrogens with zero attached hydrogens (tertiary/aromatic N) is 1. The Morgan fingerprint density at radius 2 is 1.53 bits per heavy atom. The molecule has 0 aliphatic rings. The second-order valence-corrected chi connectivity index (χ2v) is 9.53. The molecule has 3 aromatic carbocycles. The fourth-order valence-electron chi connectivity index (χ4n) is 3.21. The number of nitrogens with one attached hydrogen (secondary N) is 1. The highest BCUT2D eigenvalue weighted by atomic mass is 35.5. The average molecular weight is 443 g/mol. The molecule has 3 rings (SSSR count). The van der Waals surface area contributed by atoms with Gasteiger partial charge in [-0.2, -0.15) is 0 Å². The van der Waals surface area contributed by atoms with Gasteiger partial charge in [-0.15, -0.1) is 0 Å². The Bertz CT molecular complexity index is 1160. The van der Waals surface area contributed by atoms with Crippen LogP contribution in [0, 0.1) is 20.8 Å². The third-order valence-electron chi connectivity index (χ3n) is 4.48. The number of carbonyl (C=O) groups excluding carboxylic acids is 1. The van der Waals surface area contributed by atoms with Crippen molar-refractivity contribution in [3.8, 4) is 0 Å². The molecule has 3 aromatic rings. The van der Waals surface area contributed by atoms with Gasteiger partial charge in [-0.25, -0.2) is 8.42 Å². The minimum atomic E-state index is -3.98. The zero-order valence-corrected chi connectivity index (χ0v) is 18.6. The van der Waals surface area contributed by atoms with Crippen LogP contribution in [-0.2, 0) is 14.8 Å². The van der Waals surface area contributed by atoms with Gasteiger partial charge in [-0.05, 0) is 86.0 Å². The molecule has 0 radical (unpaired) electrons. The molecule has 0 aromatic heterocycles. The van der Waals surface area contributed by atoms with Gasteiger partial charge < -0.3 is 5.32 Å². The number of hydrogen-bond acceptors (Lipinski definition) is 3. The van der Waals surface area contributed by atoms with Crippen LogP contribution in [0.5, 0.6) is 0 Å². The summed E-state index contributed by atoms with van der Waals surface area (Å²) in [6.45, 7) is 5.38. The lowest BCUT2D eigenvalue weighted by atomic mass is 10.1. The summed E-state index contributed by atoms with van der Waals surface area (Å²) in [7, 11) is -3.98. The molecular weight excluding hydrogens is 420 g/mol. The number of sulfonamides is 1. The number of amides is 1. The molecule has 0 saturated heterocycles. The molecule has 0 aliphatic heterocycles. The molecule has 0 bridgehead atoms.